The molecule has 1 fully saturated rings. The zero-order valence-corrected chi connectivity index (χ0v) is 13.1. The molecule has 1 aliphatic rings. The van der Waals surface area contributed by atoms with Crippen molar-refractivity contribution in [3.05, 3.63) is 48.4 Å². The average molecular weight is 338 g/mol. The minimum atomic E-state index is -1.11. The van der Waals surface area contributed by atoms with Crippen LogP contribution in [0.4, 0.5) is 5.82 Å². The molecule has 0 amide bonds. The Bertz CT molecular complexity index is 898. The molecule has 0 saturated carbocycles. The third-order valence-corrected chi connectivity index (χ3v) is 4.01. The molecule has 126 valence electrons. The monoisotopic (exact) mass is 338 g/mol. The van der Waals surface area contributed by atoms with Crippen molar-refractivity contribution in [3.8, 4) is 11.5 Å². The third kappa shape index (κ3) is 2.91. The molecule has 3 aromatic rings. The highest BCUT2D eigenvalue weighted by atomic mass is 16.5. The number of aromatic carboxylic acids is 1. The first-order valence-electron chi connectivity index (χ1n) is 7.79. The first-order chi connectivity index (χ1) is 12.2. The standard InChI is InChI=1S/C16H14N6O3/c23-16(24)11-8-17-9-13(19-11)22-7-3-5-12(22)15-20-14(21-25-15)10-4-1-2-6-18-10/h1-2,4,6,8-9,12H,3,5,7H2,(H,23,24)/t12-/m0/s1. The Labute approximate surface area is 142 Å². The van der Waals surface area contributed by atoms with Crippen molar-refractivity contribution >= 4 is 11.8 Å². The molecule has 9 heteroatoms. The van der Waals surface area contributed by atoms with Crippen LogP contribution in [0.15, 0.2) is 41.3 Å². The van der Waals surface area contributed by atoms with Gasteiger partial charge in [-0.15, -0.1) is 0 Å². The van der Waals surface area contributed by atoms with Gasteiger partial charge in [0.25, 0.3) is 0 Å². The van der Waals surface area contributed by atoms with Crippen molar-refractivity contribution in [3.63, 3.8) is 0 Å². The van der Waals surface area contributed by atoms with Gasteiger partial charge in [0, 0.05) is 12.7 Å². The van der Waals surface area contributed by atoms with Crippen molar-refractivity contribution in [1.29, 1.82) is 0 Å². The van der Waals surface area contributed by atoms with E-state index in [4.69, 9.17) is 9.63 Å². The summed E-state index contributed by atoms with van der Waals surface area (Å²) in [7, 11) is 0. The summed E-state index contributed by atoms with van der Waals surface area (Å²) in [5.74, 6) is 0.258. The van der Waals surface area contributed by atoms with E-state index in [1.54, 1.807) is 12.4 Å². The molecule has 0 bridgehead atoms. The van der Waals surface area contributed by atoms with Gasteiger partial charge in [0.15, 0.2) is 5.69 Å². The van der Waals surface area contributed by atoms with E-state index in [1.807, 2.05) is 23.1 Å². The van der Waals surface area contributed by atoms with E-state index in [0.29, 0.717) is 29.8 Å². The fourth-order valence-electron chi connectivity index (χ4n) is 2.86. The maximum absolute atomic E-state index is 11.1. The predicted molar refractivity (Wildman–Crippen MR) is 85.8 cm³/mol. The van der Waals surface area contributed by atoms with Gasteiger partial charge in [-0.05, 0) is 25.0 Å². The Morgan fingerprint density at radius 2 is 2.20 bits per heavy atom. The topological polar surface area (TPSA) is 118 Å². The molecule has 0 aromatic carbocycles. The van der Waals surface area contributed by atoms with Crippen LogP contribution < -0.4 is 4.90 Å². The molecule has 4 heterocycles. The van der Waals surface area contributed by atoms with E-state index in [1.165, 1.54) is 6.20 Å². The third-order valence-electron chi connectivity index (χ3n) is 4.01. The van der Waals surface area contributed by atoms with Gasteiger partial charge in [-0.25, -0.2) is 9.78 Å². The van der Waals surface area contributed by atoms with Crippen LogP contribution in [0.5, 0.6) is 0 Å². The average Bonchev–Trinajstić information content (AvgIpc) is 3.32. The summed E-state index contributed by atoms with van der Waals surface area (Å²) in [6.07, 6.45) is 6.15. The normalized spacial score (nSPS) is 17.0. The molecular weight excluding hydrogens is 324 g/mol. The Balaban J connectivity index is 1.63. The zero-order chi connectivity index (χ0) is 17.2. The van der Waals surface area contributed by atoms with E-state index in [0.717, 1.165) is 12.8 Å². The van der Waals surface area contributed by atoms with Gasteiger partial charge in [-0.3, -0.25) is 9.97 Å². The molecule has 0 aliphatic carbocycles. The number of nitrogens with zero attached hydrogens (tertiary/aromatic N) is 6. The first-order valence-corrected chi connectivity index (χ1v) is 7.79. The van der Waals surface area contributed by atoms with Crippen molar-refractivity contribution < 1.29 is 14.4 Å². The highest BCUT2D eigenvalue weighted by Crippen LogP contribution is 2.34. The van der Waals surface area contributed by atoms with Gasteiger partial charge in [0.05, 0.1) is 12.4 Å². The molecule has 0 radical (unpaired) electrons. The van der Waals surface area contributed by atoms with E-state index in [-0.39, 0.29) is 11.7 Å². The van der Waals surface area contributed by atoms with Gasteiger partial charge in [-0.1, -0.05) is 11.2 Å². The van der Waals surface area contributed by atoms with Crippen molar-refractivity contribution in [1.82, 2.24) is 25.1 Å². The molecule has 4 rings (SSSR count). The molecule has 3 aromatic heterocycles. The highest BCUT2D eigenvalue weighted by Gasteiger charge is 2.32. The Hall–Kier alpha value is -3.36. The summed E-state index contributed by atoms with van der Waals surface area (Å²) in [4.78, 5) is 29.8. The van der Waals surface area contributed by atoms with Gasteiger partial charge in [0.1, 0.15) is 17.6 Å². The Morgan fingerprint density at radius 1 is 1.28 bits per heavy atom. The summed E-state index contributed by atoms with van der Waals surface area (Å²) < 4.78 is 5.43. The quantitative estimate of drug-likeness (QED) is 0.761. The molecule has 1 atom stereocenters. The van der Waals surface area contributed by atoms with Crippen LogP contribution >= 0.6 is 0 Å². The van der Waals surface area contributed by atoms with Crippen LogP contribution in [-0.4, -0.2) is 42.7 Å². The van der Waals surface area contributed by atoms with Gasteiger partial charge < -0.3 is 14.5 Å². The lowest BCUT2D eigenvalue weighted by Crippen LogP contribution is -2.24. The van der Waals surface area contributed by atoms with Crippen LogP contribution in [0.3, 0.4) is 0 Å². The molecule has 1 saturated heterocycles. The SMILES string of the molecule is O=C(O)c1cncc(N2CCC[C@H]2c2nc(-c3ccccn3)no2)n1. The lowest BCUT2D eigenvalue weighted by atomic mass is 10.2. The van der Waals surface area contributed by atoms with Gasteiger partial charge in [0.2, 0.25) is 11.7 Å². The van der Waals surface area contributed by atoms with Crippen molar-refractivity contribution in [2.75, 3.05) is 11.4 Å². The molecule has 1 aliphatic heterocycles. The number of hydrogen-bond acceptors (Lipinski definition) is 8. The maximum atomic E-state index is 11.1. The smallest absolute Gasteiger partial charge is 0.356 e. The number of carboxylic acid groups (broad SMARTS) is 1. The number of rotatable bonds is 4. The number of carbonyl (C=O) groups is 1. The van der Waals surface area contributed by atoms with Gasteiger partial charge >= 0.3 is 5.97 Å². The number of hydrogen-bond donors (Lipinski definition) is 1. The minimum absolute atomic E-state index is 0.0946. The van der Waals surface area contributed by atoms with Crippen molar-refractivity contribution in [2.45, 2.75) is 18.9 Å². The fraction of sp³-hybridized carbons (Fsp3) is 0.250. The molecule has 9 nitrogen and oxygen atoms in total. The van der Waals surface area contributed by atoms with E-state index in [9.17, 15) is 4.79 Å². The zero-order valence-electron chi connectivity index (χ0n) is 13.1. The van der Waals surface area contributed by atoms with Crippen LogP contribution in [0.1, 0.15) is 35.3 Å². The number of aromatic nitrogens is 5. The minimum Gasteiger partial charge on any atom is -0.476 e. The largest absolute Gasteiger partial charge is 0.476 e. The molecule has 0 unspecified atom stereocenters. The van der Waals surface area contributed by atoms with E-state index in [2.05, 4.69) is 25.1 Å². The molecule has 0 spiro atoms. The molecule has 25 heavy (non-hydrogen) atoms. The second-order valence-electron chi connectivity index (χ2n) is 5.59. The molecular formula is C16H14N6O3. The predicted octanol–water partition coefficient (Wildman–Crippen LogP) is 1.96. The Morgan fingerprint density at radius 3 is 3.00 bits per heavy atom. The second-order valence-corrected chi connectivity index (χ2v) is 5.59. The number of pyridine rings is 1. The van der Waals surface area contributed by atoms with E-state index < -0.39 is 5.97 Å². The number of carboxylic acids is 1. The summed E-state index contributed by atoms with van der Waals surface area (Å²) in [6.45, 7) is 0.712. The number of anilines is 1. The van der Waals surface area contributed by atoms with Crippen LogP contribution in [-0.2, 0) is 0 Å². The summed E-state index contributed by atoms with van der Waals surface area (Å²) >= 11 is 0. The summed E-state index contributed by atoms with van der Waals surface area (Å²) in [6, 6.07) is 5.32. The van der Waals surface area contributed by atoms with Crippen LogP contribution in [0.2, 0.25) is 0 Å². The Kier molecular flexibility index (Phi) is 3.81. The highest BCUT2D eigenvalue weighted by molar-refractivity contribution is 5.85. The van der Waals surface area contributed by atoms with Crippen LogP contribution in [0.25, 0.3) is 11.5 Å². The second kappa shape index (κ2) is 6.27. The van der Waals surface area contributed by atoms with E-state index >= 15 is 0 Å². The van der Waals surface area contributed by atoms with Crippen LogP contribution in [0, 0.1) is 0 Å². The lowest BCUT2D eigenvalue weighted by Gasteiger charge is -2.22. The molecule has 1 N–H and O–H groups in total. The fourth-order valence-corrected chi connectivity index (χ4v) is 2.86. The summed E-state index contributed by atoms with van der Waals surface area (Å²) in [5.41, 5.74) is 0.539. The van der Waals surface area contributed by atoms with Crippen molar-refractivity contribution in [2.24, 2.45) is 0 Å². The maximum Gasteiger partial charge on any atom is 0.356 e. The summed E-state index contributed by atoms with van der Waals surface area (Å²) in [5, 5.41) is 13.1. The first kappa shape index (κ1) is 15.2. The van der Waals surface area contributed by atoms with Gasteiger partial charge in [-0.2, -0.15) is 4.98 Å². The lowest BCUT2D eigenvalue weighted by molar-refractivity contribution is 0.0690.